The molecule has 1 aromatic carbocycles. The van der Waals surface area contributed by atoms with E-state index in [-0.39, 0.29) is 5.41 Å². The number of benzene rings is 1. The van der Waals surface area contributed by atoms with Crippen molar-refractivity contribution in [3.8, 4) is 0 Å². The summed E-state index contributed by atoms with van der Waals surface area (Å²) in [7, 11) is 4.01. The highest BCUT2D eigenvalue weighted by Crippen LogP contribution is 2.46. The molecular formula is C18H23N3. The Bertz CT molecular complexity index is 629. The Morgan fingerprint density at radius 2 is 1.90 bits per heavy atom. The van der Waals surface area contributed by atoms with Gasteiger partial charge in [0, 0.05) is 14.1 Å². The average molecular weight is 281 g/mol. The molecule has 3 rings (SSSR count). The minimum absolute atomic E-state index is 0.212. The maximum atomic E-state index is 4.49. The first-order chi connectivity index (χ1) is 9.97. The number of aromatic nitrogens is 1. The third-order valence-corrected chi connectivity index (χ3v) is 4.31. The Hall–Kier alpha value is -2.03. The maximum absolute atomic E-state index is 4.49. The lowest BCUT2D eigenvalue weighted by Gasteiger charge is -2.29. The highest BCUT2D eigenvalue weighted by atomic mass is 15.1. The van der Waals surface area contributed by atoms with Crippen LogP contribution in [0.25, 0.3) is 0 Å². The molecule has 0 amide bonds. The summed E-state index contributed by atoms with van der Waals surface area (Å²) in [6.07, 6.45) is 3.04. The third-order valence-electron chi connectivity index (χ3n) is 4.31. The van der Waals surface area contributed by atoms with Crippen molar-refractivity contribution >= 4 is 11.5 Å². The molecule has 0 saturated heterocycles. The lowest BCUT2D eigenvalue weighted by molar-refractivity contribution is 0.337. The van der Waals surface area contributed by atoms with Gasteiger partial charge < -0.3 is 10.2 Å². The lowest BCUT2D eigenvalue weighted by Crippen LogP contribution is -2.24. The van der Waals surface area contributed by atoms with Crippen LogP contribution >= 0.6 is 0 Å². The fraction of sp³-hybridized carbons (Fsp3) is 0.389. The van der Waals surface area contributed by atoms with Crippen molar-refractivity contribution in [1.29, 1.82) is 0 Å². The minimum atomic E-state index is 0.212. The Kier molecular flexibility index (Phi) is 3.36. The Morgan fingerprint density at radius 1 is 1.14 bits per heavy atom. The number of fused-ring (bicyclic) bond motifs is 1. The molecule has 0 aliphatic heterocycles. The van der Waals surface area contributed by atoms with Gasteiger partial charge in [-0.25, -0.2) is 4.98 Å². The summed E-state index contributed by atoms with van der Waals surface area (Å²) in [4.78, 5) is 6.50. The van der Waals surface area contributed by atoms with Crippen molar-refractivity contribution in [2.24, 2.45) is 5.41 Å². The van der Waals surface area contributed by atoms with Crippen LogP contribution in [-0.4, -0.2) is 19.1 Å². The van der Waals surface area contributed by atoms with E-state index in [4.69, 9.17) is 0 Å². The lowest BCUT2D eigenvalue weighted by atomic mass is 9.85. The topological polar surface area (TPSA) is 28.2 Å². The van der Waals surface area contributed by atoms with Crippen LogP contribution in [0.1, 0.15) is 31.0 Å². The van der Waals surface area contributed by atoms with Crippen LogP contribution in [-0.2, 0) is 6.42 Å². The number of hydrogen-bond acceptors (Lipinski definition) is 3. The summed E-state index contributed by atoms with van der Waals surface area (Å²) in [5, 5.41) is 3.67. The van der Waals surface area contributed by atoms with Gasteiger partial charge in [-0.1, -0.05) is 38.1 Å². The zero-order valence-electron chi connectivity index (χ0n) is 13.2. The van der Waals surface area contributed by atoms with Crippen molar-refractivity contribution in [3.05, 3.63) is 53.7 Å². The van der Waals surface area contributed by atoms with Crippen LogP contribution in [0, 0.1) is 5.41 Å². The molecule has 1 atom stereocenters. The molecule has 1 heterocycles. The number of rotatable bonds is 3. The summed E-state index contributed by atoms with van der Waals surface area (Å²) in [6.45, 7) is 4.65. The number of nitrogens with one attached hydrogen (secondary N) is 1. The van der Waals surface area contributed by atoms with E-state index in [9.17, 15) is 0 Å². The summed E-state index contributed by atoms with van der Waals surface area (Å²) < 4.78 is 0. The van der Waals surface area contributed by atoms with Crippen LogP contribution in [0.2, 0.25) is 0 Å². The van der Waals surface area contributed by atoms with E-state index in [1.54, 1.807) is 0 Å². The van der Waals surface area contributed by atoms with Crippen molar-refractivity contribution in [1.82, 2.24) is 4.98 Å². The molecule has 3 heteroatoms. The number of anilines is 2. The Labute approximate surface area is 127 Å². The zero-order chi connectivity index (χ0) is 15.0. The van der Waals surface area contributed by atoms with E-state index in [0.717, 1.165) is 17.9 Å². The molecule has 110 valence electrons. The molecule has 21 heavy (non-hydrogen) atoms. The summed E-state index contributed by atoms with van der Waals surface area (Å²) in [5.74, 6) is 0.978. The highest BCUT2D eigenvalue weighted by molar-refractivity contribution is 5.52. The van der Waals surface area contributed by atoms with E-state index in [1.165, 1.54) is 11.1 Å². The number of pyridine rings is 1. The monoisotopic (exact) mass is 281 g/mol. The Balaban J connectivity index is 1.86. The molecule has 0 saturated carbocycles. The molecule has 1 aromatic heterocycles. The van der Waals surface area contributed by atoms with Crippen molar-refractivity contribution in [2.45, 2.75) is 26.3 Å². The quantitative estimate of drug-likeness (QED) is 0.925. The first kappa shape index (κ1) is 13.9. The van der Waals surface area contributed by atoms with Gasteiger partial charge in [-0.3, -0.25) is 0 Å². The van der Waals surface area contributed by atoms with Gasteiger partial charge >= 0.3 is 0 Å². The van der Waals surface area contributed by atoms with Crippen molar-refractivity contribution in [2.75, 3.05) is 24.3 Å². The van der Waals surface area contributed by atoms with E-state index < -0.39 is 0 Å². The van der Waals surface area contributed by atoms with Crippen molar-refractivity contribution in [3.63, 3.8) is 0 Å². The van der Waals surface area contributed by atoms with Gasteiger partial charge in [-0.15, -0.1) is 0 Å². The molecule has 3 nitrogen and oxygen atoms in total. The molecule has 0 bridgehead atoms. The largest absolute Gasteiger partial charge is 0.376 e. The summed E-state index contributed by atoms with van der Waals surface area (Å²) in [5.41, 5.74) is 4.16. The average Bonchev–Trinajstić information content (AvgIpc) is 2.70. The van der Waals surface area contributed by atoms with Gasteiger partial charge in [-0.05, 0) is 35.1 Å². The van der Waals surface area contributed by atoms with Gasteiger partial charge in [0.05, 0.1) is 17.9 Å². The number of nitrogens with zero attached hydrogens (tertiary/aromatic N) is 2. The third kappa shape index (κ3) is 2.60. The zero-order valence-corrected chi connectivity index (χ0v) is 13.2. The van der Waals surface area contributed by atoms with Gasteiger partial charge in [0.1, 0.15) is 5.82 Å². The normalized spacial score (nSPS) is 19.1. The second-order valence-electron chi connectivity index (χ2n) is 6.74. The van der Waals surface area contributed by atoms with E-state index in [0.29, 0.717) is 6.04 Å². The maximum Gasteiger partial charge on any atom is 0.128 e. The second-order valence-corrected chi connectivity index (χ2v) is 6.74. The molecule has 1 aliphatic rings. The highest BCUT2D eigenvalue weighted by Gasteiger charge is 2.38. The molecule has 0 spiro atoms. The first-order valence-corrected chi connectivity index (χ1v) is 7.45. The van der Waals surface area contributed by atoms with Gasteiger partial charge in [0.2, 0.25) is 0 Å². The smallest absolute Gasteiger partial charge is 0.128 e. The molecule has 1 aliphatic carbocycles. The van der Waals surface area contributed by atoms with Gasteiger partial charge in [-0.2, -0.15) is 0 Å². The van der Waals surface area contributed by atoms with Gasteiger partial charge in [0.25, 0.3) is 0 Å². The SMILES string of the molecule is CN(C)c1ccc(NC2c3ccccc3CC2(C)C)cn1. The Morgan fingerprint density at radius 3 is 2.57 bits per heavy atom. The van der Waals surface area contributed by atoms with E-state index in [2.05, 4.69) is 60.5 Å². The molecule has 1 N–H and O–H groups in total. The fourth-order valence-corrected chi connectivity index (χ4v) is 3.17. The second kappa shape index (κ2) is 5.06. The minimum Gasteiger partial charge on any atom is -0.376 e. The number of hydrogen-bond donors (Lipinski definition) is 1. The van der Waals surface area contributed by atoms with Crippen LogP contribution in [0.3, 0.4) is 0 Å². The molecule has 0 radical (unpaired) electrons. The predicted octanol–water partition coefficient (Wildman–Crippen LogP) is 3.88. The van der Waals surface area contributed by atoms with Gasteiger partial charge in [0.15, 0.2) is 0 Å². The van der Waals surface area contributed by atoms with E-state index in [1.807, 2.05) is 25.2 Å². The molecule has 0 fully saturated rings. The summed E-state index contributed by atoms with van der Waals surface area (Å²) in [6, 6.07) is 13.2. The van der Waals surface area contributed by atoms with Crippen LogP contribution in [0.4, 0.5) is 11.5 Å². The van der Waals surface area contributed by atoms with Crippen LogP contribution in [0.5, 0.6) is 0 Å². The van der Waals surface area contributed by atoms with Crippen LogP contribution < -0.4 is 10.2 Å². The molecule has 2 aromatic rings. The standard InChI is InChI=1S/C18H23N3/c1-18(2)11-13-7-5-6-8-15(13)17(18)20-14-9-10-16(19-12-14)21(3)4/h5-10,12,17,20H,11H2,1-4H3. The fourth-order valence-electron chi connectivity index (χ4n) is 3.17. The molecule has 1 unspecified atom stereocenters. The first-order valence-electron chi connectivity index (χ1n) is 7.45. The van der Waals surface area contributed by atoms with Crippen molar-refractivity contribution < 1.29 is 0 Å². The summed E-state index contributed by atoms with van der Waals surface area (Å²) >= 11 is 0. The van der Waals surface area contributed by atoms with E-state index >= 15 is 0 Å². The predicted molar refractivity (Wildman–Crippen MR) is 88.9 cm³/mol. The molecular weight excluding hydrogens is 258 g/mol. The van der Waals surface area contributed by atoms with Crippen LogP contribution in [0.15, 0.2) is 42.6 Å².